The topological polar surface area (TPSA) is 72.9 Å². The van der Waals surface area contributed by atoms with Crippen LogP contribution in [0.4, 0.5) is 11.5 Å². The Morgan fingerprint density at radius 1 is 0.943 bits per heavy atom. The maximum atomic E-state index is 12.5. The zero-order valence-electron chi connectivity index (χ0n) is 19.1. The summed E-state index contributed by atoms with van der Waals surface area (Å²) in [5, 5.41) is 3.82. The fourth-order valence-electron chi connectivity index (χ4n) is 4.25. The largest absolute Gasteiger partial charge is 0.384 e. The maximum Gasteiger partial charge on any atom is 0.255 e. The smallest absolute Gasteiger partial charge is 0.255 e. The van der Waals surface area contributed by atoms with Gasteiger partial charge >= 0.3 is 0 Å². The molecule has 0 atom stereocenters. The van der Waals surface area contributed by atoms with Crippen molar-refractivity contribution in [2.24, 2.45) is 0 Å². The molecule has 0 saturated heterocycles. The van der Waals surface area contributed by atoms with Crippen LogP contribution in [0, 0.1) is 0 Å². The van der Waals surface area contributed by atoms with Crippen molar-refractivity contribution in [2.75, 3.05) is 11.1 Å². The molecule has 0 bridgehead atoms. The van der Waals surface area contributed by atoms with E-state index in [1.165, 1.54) is 0 Å². The lowest BCUT2D eigenvalue weighted by Gasteiger charge is -2.17. The normalized spacial score (nSPS) is 13.2. The van der Waals surface area contributed by atoms with Crippen LogP contribution in [0.5, 0.6) is 0 Å². The van der Waals surface area contributed by atoms with E-state index in [4.69, 9.17) is 17.3 Å². The summed E-state index contributed by atoms with van der Waals surface area (Å²) in [7, 11) is 0. The van der Waals surface area contributed by atoms with E-state index < -0.39 is 0 Å². The summed E-state index contributed by atoms with van der Waals surface area (Å²) in [4.78, 5) is 17.0. The number of hydrogen-bond donors (Lipinski definition) is 2. The second kappa shape index (κ2) is 10.0. The molecule has 0 saturated carbocycles. The van der Waals surface area contributed by atoms with E-state index in [9.17, 15) is 4.79 Å². The number of pyridine rings is 1. The van der Waals surface area contributed by atoms with Gasteiger partial charge in [0.05, 0.1) is 17.9 Å². The summed E-state index contributed by atoms with van der Waals surface area (Å²) in [5.41, 5.74) is 12.3. The molecule has 0 spiro atoms. The van der Waals surface area contributed by atoms with E-state index in [-0.39, 0.29) is 5.91 Å². The number of amides is 1. The van der Waals surface area contributed by atoms with Crippen LogP contribution >= 0.6 is 11.6 Å². The van der Waals surface area contributed by atoms with E-state index in [1.54, 1.807) is 18.2 Å². The van der Waals surface area contributed by atoms with Gasteiger partial charge in [-0.2, -0.15) is 0 Å². The Morgan fingerprint density at radius 2 is 1.71 bits per heavy atom. The predicted molar refractivity (Wildman–Crippen MR) is 143 cm³/mol. The molecule has 4 aromatic rings. The summed E-state index contributed by atoms with van der Waals surface area (Å²) in [6, 6.07) is 26.9. The molecule has 2 aromatic carbocycles. The monoisotopic (exact) mass is 480 g/mol. The molecule has 5 nitrogen and oxygen atoms in total. The minimum absolute atomic E-state index is 0.137. The van der Waals surface area contributed by atoms with E-state index in [0.717, 1.165) is 51.8 Å². The molecule has 2 heterocycles. The quantitative estimate of drug-likeness (QED) is 0.321. The number of nitrogens with one attached hydrogen (secondary N) is 1. The number of nitrogens with zero attached hydrogens (tertiary/aromatic N) is 2. The number of hydrogen-bond acceptors (Lipinski definition) is 3. The van der Waals surface area contributed by atoms with Crippen molar-refractivity contribution in [3.8, 4) is 11.3 Å². The lowest BCUT2D eigenvalue weighted by atomic mass is 10.0. The van der Waals surface area contributed by atoms with Gasteiger partial charge in [-0.15, -0.1) is 0 Å². The minimum Gasteiger partial charge on any atom is -0.384 e. The number of halogens is 1. The van der Waals surface area contributed by atoms with E-state index in [1.807, 2.05) is 54.6 Å². The average molecular weight is 481 g/mol. The second-order valence-corrected chi connectivity index (χ2v) is 8.86. The van der Waals surface area contributed by atoms with Crippen molar-refractivity contribution in [1.29, 1.82) is 0 Å². The molecule has 5 rings (SSSR count). The van der Waals surface area contributed by atoms with Gasteiger partial charge in [0.25, 0.3) is 5.91 Å². The number of nitrogens with two attached hydrogens (primary N) is 1. The van der Waals surface area contributed by atoms with Crippen LogP contribution in [0.25, 0.3) is 16.8 Å². The molecular weight excluding hydrogens is 456 g/mol. The van der Waals surface area contributed by atoms with Gasteiger partial charge in [0.1, 0.15) is 5.82 Å². The van der Waals surface area contributed by atoms with Crippen molar-refractivity contribution in [2.45, 2.75) is 19.4 Å². The summed E-state index contributed by atoms with van der Waals surface area (Å²) in [6.07, 6.45) is 6.03. The first-order valence-electron chi connectivity index (χ1n) is 11.5. The molecule has 1 aliphatic carbocycles. The SMILES string of the molecule is Nc1cccc(Cn2c(C3=C(Cl)CCC=C3)ccc2-c2ccc(NC(=O)c3ccccc3)cc2)n1. The average Bonchev–Trinajstić information content (AvgIpc) is 3.28. The summed E-state index contributed by atoms with van der Waals surface area (Å²) in [5.74, 6) is 0.355. The summed E-state index contributed by atoms with van der Waals surface area (Å²) in [6.45, 7) is 0.552. The van der Waals surface area contributed by atoms with E-state index in [0.29, 0.717) is 17.9 Å². The lowest BCUT2D eigenvalue weighted by Crippen LogP contribution is -2.11. The molecule has 1 aliphatic rings. The number of carbonyl (C=O) groups excluding carboxylic acids is 1. The highest BCUT2D eigenvalue weighted by Crippen LogP contribution is 2.34. The van der Waals surface area contributed by atoms with E-state index in [2.05, 4.69) is 39.2 Å². The first-order valence-corrected chi connectivity index (χ1v) is 11.9. The van der Waals surface area contributed by atoms with Crippen LogP contribution in [-0.2, 0) is 6.54 Å². The second-order valence-electron chi connectivity index (χ2n) is 8.40. The molecule has 0 fully saturated rings. The van der Waals surface area contributed by atoms with Crippen LogP contribution < -0.4 is 11.1 Å². The van der Waals surface area contributed by atoms with Crippen molar-refractivity contribution in [1.82, 2.24) is 9.55 Å². The third-order valence-corrected chi connectivity index (χ3v) is 6.38. The first-order chi connectivity index (χ1) is 17.1. The van der Waals surface area contributed by atoms with Crippen LogP contribution in [0.1, 0.15) is 34.6 Å². The highest BCUT2D eigenvalue weighted by Gasteiger charge is 2.17. The molecule has 2 aromatic heterocycles. The number of rotatable bonds is 6. The zero-order chi connectivity index (χ0) is 24.2. The minimum atomic E-state index is -0.137. The molecule has 174 valence electrons. The van der Waals surface area contributed by atoms with Crippen molar-refractivity contribution in [3.05, 3.63) is 119 Å². The highest BCUT2D eigenvalue weighted by atomic mass is 35.5. The number of anilines is 2. The fraction of sp³-hybridized carbons (Fsp3) is 0.103. The van der Waals surface area contributed by atoms with Crippen molar-refractivity contribution >= 4 is 34.6 Å². The van der Waals surface area contributed by atoms with Crippen molar-refractivity contribution < 1.29 is 4.79 Å². The lowest BCUT2D eigenvalue weighted by molar-refractivity contribution is 0.102. The molecule has 6 heteroatoms. The van der Waals surface area contributed by atoms with Crippen molar-refractivity contribution in [3.63, 3.8) is 0 Å². The van der Waals surface area contributed by atoms with Gasteiger partial charge in [-0.05, 0) is 66.9 Å². The molecule has 3 N–H and O–H groups in total. The van der Waals surface area contributed by atoms with Crippen LogP contribution in [0.2, 0.25) is 0 Å². The Labute approximate surface area is 209 Å². The molecule has 0 radical (unpaired) electrons. The molecule has 0 unspecified atom stereocenters. The van der Waals surface area contributed by atoms with Crippen LogP contribution in [-0.4, -0.2) is 15.5 Å². The van der Waals surface area contributed by atoms with Gasteiger partial charge in [-0.25, -0.2) is 4.98 Å². The molecule has 0 aliphatic heterocycles. The first kappa shape index (κ1) is 22.7. The van der Waals surface area contributed by atoms with Gasteiger partial charge in [0, 0.05) is 27.6 Å². The van der Waals surface area contributed by atoms with Crippen LogP contribution in [0.15, 0.2) is 102 Å². The van der Waals surface area contributed by atoms with E-state index >= 15 is 0 Å². The molecular formula is C29H25ClN4O. The molecule has 35 heavy (non-hydrogen) atoms. The Balaban J connectivity index is 1.48. The van der Waals surface area contributed by atoms with Gasteiger partial charge in [0.2, 0.25) is 0 Å². The number of benzene rings is 2. The number of aromatic nitrogens is 2. The highest BCUT2D eigenvalue weighted by molar-refractivity contribution is 6.33. The Hall–Kier alpha value is -4.09. The fourth-order valence-corrected chi connectivity index (χ4v) is 4.52. The summed E-state index contributed by atoms with van der Waals surface area (Å²) >= 11 is 6.63. The maximum absolute atomic E-state index is 12.5. The van der Waals surface area contributed by atoms with Gasteiger partial charge in [-0.1, -0.05) is 60.2 Å². The van der Waals surface area contributed by atoms with Gasteiger partial charge in [0.15, 0.2) is 0 Å². The van der Waals surface area contributed by atoms with Crippen LogP contribution in [0.3, 0.4) is 0 Å². The third kappa shape index (κ3) is 5.05. The summed E-state index contributed by atoms with van der Waals surface area (Å²) < 4.78 is 2.21. The molecule has 1 amide bonds. The Kier molecular flexibility index (Phi) is 6.51. The third-order valence-electron chi connectivity index (χ3n) is 5.99. The number of allylic oxidation sites excluding steroid dienone is 4. The number of nitrogen functional groups attached to an aromatic ring is 1. The number of carbonyl (C=O) groups is 1. The Bertz CT molecular complexity index is 1420. The zero-order valence-corrected chi connectivity index (χ0v) is 19.9. The predicted octanol–water partition coefficient (Wildman–Crippen LogP) is 6.73. The standard InChI is InChI=1S/C29H25ClN4O/c30-25-11-5-4-10-24(25)27-18-17-26(34(27)19-23-9-6-12-28(31)32-23)20-13-15-22(16-14-20)33-29(35)21-7-2-1-3-8-21/h1-4,6-10,12-18H,5,11,19H2,(H2,31,32)(H,33,35). The van der Waals surface area contributed by atoms with Gasteiger partial charge < -0.3 is 15.6 Å². The van der Waals surface area contributed by atoms with Gasteiger partial charge in [-0.3, -0.25) is 4.79 Å². The Morgan fingerprint density at radius 3 is 2.46 bits per heavy atom.